The zero-order chi connectivity index (χ0) is 15.5. The topological polar surface area (TPSA) is 48.5 Å². The van der Waals surface area contributed by atoms with Gasteiger partial charge in [0.15, 0.2) is 5.13 Å². The second kappa shape index (κ2) is 6.54. The van der Waals surface area contributed by atoms with Crippen molar-refractivity contribution in [3.8, 4) is 0 Å². The van der Waals surface area contributed by atoms with Crippen LogP contribution in [0.1, 0.15) is 5.56 Å². The Bertz CT molecular complexity index is 654. The lowest BCUT2D eigenvalue weighted by Gasteiger charge is -2.36. The molecule has 0 saturated carbocycles. The Morgan fingerprint density at radius 3 is 2.73 bits per heavy atom. The van der Waals surface area contributed by atoms with Crippen LogP contribution in [0.15, 0.2) is 29.8 Å². The second-order valence-electron chi connectivity index (χ2n) is 5.17. The molecule has 1 saturated heterocycles. The van der Waals surface area contributed by atoms with E-state index >= 15 is 0 Å². The van der Waals surface area contributed by atoms with Gasteiger partial charge >= 0.3 is 6.03 Å². The van der Waals surface area contributed by atoms with E-state index in [2.05, 4.69) is 21.3 Å². The van der Waals surface area contributed by atoms with Gasteiger partial charge in [0.1, 0.15) is 0 Å². The molecule has 1 aliphatic rings. The summed E-state index contributed by atoms with van der Waals surface area (Å²) in [5.41, 5.74) is 2.18. The molecule has 2 aromatic rings. The number of rotatable bonds is 2. The Balaban J connectivity index is 1.57. The van der Waals surface area contributed by atoms with E-state index in [9.17, 15) is 4.79 Å². The van der Waals surface area contributed by atoms with Crippen LogP contribution in [0.4, 0.5) is 15.6 Å². The quantitative estimate of drug-likeness (QED) is 0.913. The number of urea groups is 1. The van der Waals surface area contributed by atoms with Gasteiger partial charge in [0.2, 0.25) is 0 Å². The molecule has 0 bridgehead atoms. The van der Waals surface area contributed by atoms with Gasteiger partial charge in [-0.3, -0.25) is 5.32 Å². The van der Waals surface area contributed by atoms with Crippen molar-refractivity contribution in [1.29, 1.82) is 0 Å². The average Bonchev–Trinajstić information content (AvgIpc) is 3.03. The minimum absolute atomic E-state index is 0.0865. The summed E-state index contributed by atoms with van der Waals surface area (Å²) in [6.45, 7) is 4.95. The van der Waals surface area contributed by atoms with E-state index in [4.69, 9.17) is 11.6 Å². The van der Waals surface area contributed by atoms with Gasteiger partial charge in [-0.05, 0) is 24.6 Å². The van der Waals surface area contributed by atoms with Gasteiger partial charge in [-0.2, -0.15) is 0 Å². The van der Waals surface area contributed by atoms with E-state index in [1.54, 1.807) is 6.20 Å². The minimum Gasteiger partial charge on any atom is -0.368 e. The molecule has 2 heterocycles. The molecule has 0 spiro atoms. The number of hydrogen-bond donors (Lipinski definition) is 1. The molecule has 2 amide bonds. The molecule has 1 aliphatic heterocycles. The highest BCUT2D eigenvalue weighted by molar-refractivity contribution is 7.13. The van der Waals surface area contributed by atoms with E-state index in [1.165, 1.54) is 11.3 Å². The zero-order valence-electron chi connectivity index (χ0n) is 12.3. The van der Waals surface area contributed by atoms with E-state index in [1.807, 2.05) is 29.3 Å². The van der Waals surface area contributed by atoms with Gasteiger partial charge in [-0.15, -0.1) is 11.3 Å². The predicted octanol–water partition coefficient (Wildman–Crippen LogP) is 3.46. The Morgan fingerprint density at radius 2 is 2.09 bits per heavy atom. The Kier molecular flexibility index (Phi) is 4.49. The van der Waals surface area contributed by atoms with Crippen LogP contribution in [0.2, 0.25) is 5.02 Å². The lowest BCUT2D eigenvalue weighted by atomic mass is 10.2. The van der Waals surface area contributed by atoms with E-state index in [-0.39, 0.29) is 6.03 Å². The minimum atomic E-state index is -0.0865. The summed E-state index contributed by atoms with van der Waals surface area (Å²) >= 11 is 7.61. The number of carbonyl (C=O) groups excluding carboxylic acids is 1. The molecule has 1 aromatic carbocycles. The molecule has 5 nitrogen and oxygen atoms in total. The molecule has 3 rings (SSSR count). The fourth-order valence-electron chi connectivity index (χ4n) is 2.40. The number of nitrogens with zero attached hydrogens (tertiary/aromatic N) is 3. The predicted molar refractivity (Wildman–Crippen MR) is 91.1 cm³/mol. The summed E-state index contributed by atoms with van der Waals surface area (Å²) in [4.78, 5) is 20.3. The molecular weight excluding hydrogens is 320 g/mol. The van der Waals surface area contributed by atoms with Crippen LogP contribution in [0, 0.1) is 6.92 Å². The SMILES string of the molecule is Cc1ccc(N2CCN(C(=O)Nc3nccs3)CC2)cc1Cl. The molecule has 7 heteroatoms. The van der Waals surface area contributed by atoms with Crippen LogP contribution in [-0.2, 0) is 0 Å². The third kappa shape index (κ3) is 3.34. The lowest BCUT2D eigenvalue weighted by Crippen LogP contribution is -2.50. The number of halogens is 1. The number of piperazine rings is 1. The molecule has 1 N–H and O–H groups in total. The van der Waals surface area contributed by atoms with Gasteiger partial charge in [0.25, 0.3) is 0 Å². The third-order valence-electron chi connectivity index (χ3n) is 3.73. The van der Waals surface area contributed by atoms with Crippen molar-refractivity contribution in [2.45, 2.75) is 6.92 Å². The number of nitrogens with one attached hydrogen (secondary N) is 1. The highest BCUT2D eigenvalue weighted by Gasteiger charge is 2.22. The monoisotopic (exact) mass is 336 g/mol. The summed E-state index contributed by atoms with van der Waals surface area (Å²) in [5.74, 6) is 0. The maximum Gasteiger partial charge on any atom is 0.323 e. The Labute approximate surface area is 138 Å². The Hall–Kier alpha value is -1.79. The number of amides is 2. The standard InChI is InChI=1S/C15H17ClN4OS/c1-11-2-3-12(10-13(11)16)19-5-7-20(8-6-19)15(21)18-14-17-4-9-22-14/h2-4,9-10H,5-8H2,1H3,(H,17,18,21). The fourth-order valence-corrected chi connectivity index (χ4v) is 3.10. The van der Waals surface area contributed by atoms with E-state index < -0.39 is 0 Å². The smallest absolute Gasteiger partial charge is 0.323 e. The Morgan fingerprint density at radius 1 is 1.32 bits per heavy atom. The first kappa shape index (κ1) is 15.1. The maximum atomic E-state index is 12.1. The van der Waals surface area contributed by atoms with Crippen LogP contribution in [0.5, 0.6) is 0 Å². The largest absolute Gasteiger partial charge is 0.368 e. The van der Waals surface area contributed by atoms with Crippen molar-refractivity contribution in [3.05, 3.63) is 40.4 Å². The van der Waals surface area contributed by atoms with Crippen LogP contribution in [0.3, 0.4) is 0 Å². The number of thiazole rings is 1. The summed E-state index contributed by atoms with van der Waals surface area (Å²) in [7, 11) is 0. The van der Waals surface area contributed by atoms with Gasteiger partial charge in [-0.1, -0.05) is 17.7 Å². The second-order valence-corrected chi connectivity index (χ2v) is 6.48. The first-order chi connectivity index (χ1) is 10.6. The van der Waals surface area contributed by atoms with Crippen LogP contribution < -0.4 is 10.2 Å². The zero-order valence-corrected chi connectivity index (χ0v) is 13.8. The summed E-state index contributed by atoms with van der Waals surface area (Å²) < 4.78 is 0. The van der Waals surface area contributed by atoms with Gasteiger partial charge < -0.3 is 9.80 Å². The molecule has 116 valence electrons. The summed E-state index contributed by atoms with van der Waals surface area (Å²) in [6, 6.07) is 6.00. The van der Waals surface area contributed by atoms with Crippen molar-refractivity contribution >= 4 is 39.8 Å². The number of aromatic nitrogens is 1. The van der Waals surface area contributed by atoms with Crippen molar-refractivity contribution < 1.29 is 4.79 Å². The van der Waals surface area contributed by atoms with Crippen LogP contribution in [0.25, 0.3) is 0 Å². The molecular formula is C15H17ClN4OS. The first-order valence-electron chi connectivity index (χ1n) is 7.10. The molecule has 1 aromatic heterocycles. The molecule has 1 fully saturated rings. The third-order valence-corrected chi connectivity index (χ3v) is 4.83. The van der Waals surface area contributed by atoms with Crippen molar-refractivity contribution in [2.75, 3.05) is 36.4 Å². The van der Waals surface area contributed by atoms with Crippen molar-refractivity contribution in [3.63, 3.8) is 0 Å². The number of aryl methyl sites for hydroxylation is 1. The number of hydrogen-bond acceptors (Lipinski definition) is 4. The van der Waals surface area contributed by atoms with Crippen molar-refractivity contribution in [1.82, 2.24) is 9.88 Å². The van der Waals surface area contributed by atoms with E-state index in [0.717, 1.165) is 29.4 Å². The van der Waals surface area contributed by atoms with Crippen molar-refractivity contribution in [2.24, 2.45) is 0 Å². The molecule has 0 aliphatic carbocycles. The van der Waals surface area contributed by atoms with Gasteiger partial charge in [-0.25, -0.2) is 9.78 Å². The summed E-state index contributed by atoms with van der Waals surface area (Å²) in [5, 5.41) is 6.08. The number of anilines is 2. The lowest BCUT2D eigenvalue weighted by molar-refractivity contribution is 0.208. The van der Waals surface area contributed by atoms with Gasteiger partial charge in [0.05, 0.1) is 0 Å². The first-order valence-corrected chi connectivity index (χ1v) is 8.36. The molecule has 22 heavy (non-hydrogen) atoms. The fraction of sp³-hybridized carbons (Fsp3) is 0.333. The van der Waals surface area contributed by atoms with Gasteiger partial charge in [0, 0.05) is 48.5 Å². The van der Waals surface area contributed by atoms with E-state index in [0.29, 0.717) is 18.2 Å². The maximum absolute atomic E-state index is 12.1. The number of carbonyl (C=O) groups is 1. The molecule has 0 radical (unpaired) electrons. The average molecular weight is 337 g/mol. The molecule has 0 atom stereocenters. The molecule has 0 unspecified atom stereocenters. The number of benzene rings is 1. The highest BCUT2D eigenvalue weighted by Crippen LogP contribution is 2.24. The summed E-state index contributed by atoms with van der Waals surface area (Å²) in [6.07, 6.45) is 1.68. The van der Waals surface area contributed by atoms with Crippen LogP contribution in [-0.4, -0.2) is 42.1 Å². The normalized spacial score (nSPS) is 15.0. The highest BCUT2D eigenvalue weighted by atomic mass is 35.5. The van der Waals surface area contributed by atoms with Crippen LogP contribution >= 0.6 is 22.9 Å².